The van der Waals surface area contributed by atoms with E-state index in [0.29, 0.717) is 27.2 Å². The van der Waals surface area contributed by atoms with Gasteiger partial charge in [-0.15, -0.1) is 0 Å². The van der Waals surface area contributed by atoms with Crippen molar-refractivity contribution in [3.63, 3.8) is 0 Å². The van der Waals surface area contributed by atoms with Gasteiger partial charge < -0.3 is 19.5 Å². The van der Waals surface area contributed by atoms with Crippen molar-refractivity contribution in [3.05, 3.63) is 44.4 Å². The van der Waals surface area contributed by atoms with Crippen LogP contribution in [0.15, 0.2) is 24.3 Å². The normalized spacial score (nSPS) is 10.3. The lowest BCUT2D eigenvalue weighted by Gasteiger charge is -2.14. The molecule has 2 aromatic rings. The Morgan fingerprint density at radius 1 is 0.840 bits per heavy atom. The average molecular weight is 425 g/mol. The third-order valence-electron chi connectivity index (χ3n) is 3.08. The smallest absolute Gasteiger partial charge is 0.262 e. The maximum atomic E-state index is 12.1. The molecule has 25 heavy (non-hydrogen) atoms. The van der Waals surface area contributed by atoms with E-state index >= 15 is 0 Å². The highest BCUT2D eigenvalue weighted by Gasteiger charge is 2.14. The standard InChI is InChI=1S/C16H13Cl4NO4/c1-23-13-6-15(24-2)12(4-11(13)20)21-16(22)7-25-14-5-9(18)8(17)3-10(14)19/h3-6H,7H2,1-2H3,(H,21,22). The van der Waals surface area contributed by atoms with Gasteiger partial charge in [0.25, 0.3) is 5.91 Å². The average Bonchev–Trinajstić information content (AvgIpc) is 2.57. The van der Waals surface area contributed by atoms with Crippen LogP contribution >= 0.6 is 46.4 Å². The van der Waals surface area contributed by atoms with E-state index in [9.17, 15) is 4.79 Å². The van der Waals surface area contributed by atoms with E-state index in [-0.39, 0.29) is 22.4 Å². The molecule has 134 valence electrons. The van der Waals surface area contributed by atoms with Crippen molar-refractivity contribution < 1.29 is 19.0 Å². The van der Waals surface area contributed by atoms with Crippen LogP contribution in [0.3, 0.4) is 0 Å². The Morgan fingerprint density at radius 3 is 2.08 bits per heavy atom. The number of carbonyl (C=O) groups excluding carboxylic acids is 1. The summed E-state index contributed by atoms with van der Waals surface area (Å²) in [5.41, 5.74) is 0.377. The first-order chi connectivity index (χ1) is 11.8. The van der Waals surface area contributed by atoms with Crippen LogP contribution in [0.1, 0.15) is 0 Å². The zero-order valence-corrected chi connectivity index (χ0v) is 16.2. The van der Waals surface area contributed by atoms with Gasteiger partial charge in [0.1, 0.15) is 17.2 Å². The molecule has 0 aliphatic carbocycles. The molecule has 0 aliphatic heterocycles. The van der Waals surface area contributed by atoms with E-state index in [2.05, 4.69) is 5.32 Å². The molecule has 0 fully saturated rings. The molecule has 0 unspecified atom stereocenters. The molecule has 2 rings (SSSR count). The Balaban J connectivity index is 2.08. The summed E-state index contributed by atoms with van der Waals surface area (Å²) in [6.45, 7) is -0.301. The van der Waals surface area contributed by atoms with E-state index in [4.69, 9.17) is 60.6 Å². The highest BCUT2D eigenvalue weighted by molar-refractivity contribution is 6.43. The number of benzene rings is 2. The number of hydrogen-bond acceptors (Lipinski definition) is 4. The van der Waals surface area contributed by atoms with E-state index in [1.54, 1.807) is 6.07 Å². The van der Waals surface area contributed by atoms with Crippen molar-refractivity contribution in [2.45, 2.75) is 0 Å². The molecule has 1 N–H and O–H groups in total. The monoisotopic (exact) mass is 423 g/mol. The second-order valence-corrected chi connectivity index (χ2v) is 6.35. The summed E-state index contributed by atoms with van der Waals surface area (Å²) in [4.78, 5) is 12.1. The molecule has 0 bridgehead atoms. The summed E-state index contributed by atoms with van der Waals surface area (Å²) in [6.07, 6.45) is 0. The fraction of sp³-hybridized carbons (Fsp3) is 0.188. The molecule has 0 saturated heterocycles. The van der Waals surface area contributed by atoms with Crippen LogP contribution in [0.25, 0.3) is 0 Å². The maximum Gasteiger partial charge on any atom is 0.262 e. The molecule has 0 aliphatic rings. The Labute approximate surface area is 164 Å². The molecule has 9 heteroatoms. The number of hydrogen-bond donors (Lipinski definition) is 1. The number of nitrogens with one attached hydrogen (secondary N) is 1. The third-order valence-corrected chi connectivity index (χ3v) is 4.39. The molecular weight excluding hydrogens is 412 g/mol. The van der Waals surface area contributed by atoms with Crippen molar-refractivity contribution in [2.75, 3.05) is 26.1 Å². The minimum Gasteiger partial charge on any atom is -0.495 e. The highest BCUT2D eigenvalue weighted by Crippen LogP contribution is 2.36. The number of rotatable bonds is 6. The minimum absolute atomic E-state index is 0.242. The van der Waals surface area contributed by atoms with Crippen LogP contribution in [-0.4, -0.2) is 26.7 Å². The summed E-state index contributed by atoms with van der Waals surface area (Å²) in [5.74, 6) is 0.616. The van der Waals surface area contributed by atoms with Gasteiger partial charge in [-0.1, -0.05) is 46.4 Å². The predicted molar refractivity (Wildman–Crippen MR) is 100 cm³/mol. The summed E-state index contributed by atoms with van der Waals surface area (Å²) in [7, 11) is 2.94. The van der Waals surface area contributed by atoms with E-state index < -0.39 is 5.91 Å². The Kier molecular flexibility index (Phi) is 6.90. The fourth-order valence-electron chi connectivity index (χ4n) is 1.90. The van der Waals surface area contributed by atoms with Crippen LogP contribution in [-0.2, 0) is 4.79 Å². The second-order valence-electron chi connectivity index (χ2n) is 4.72. The first-order valence-corrected chi connectivity index (χ1v) is 8.35. The lowest BCUT2D eigenvalue weighted by atomic mass is 10.2. The van der Waals surface area contributed by atoms with Crippen molar-refractivity contribution in [2.24, 2.45) is 0 Å². The SMILES string of the molecule is COc1cc(OC)c(NC(=O)COc2cc(Cl)c(Cl)cc2Cl)cc1Cl. The van der Waals surface area contributed by atoms with Gasteiger partial charge in [-0.3, -0.25) is 4.79 Å². The van der Waals surface area contributed by atoms with Gasteiger partial charge in [0.2, 0.25) is 0 Å². The number of halogens is 4. The molecule has 0 saturated carbocycles. The summed E-state index contributed by atoms with van der Waals surface area (Å²) in [5, 5.41) is 3.77. The molecule has 2 aromatic carbocycles. The van der Waals surface area contributed by atoms with Gasteiger partial charge in [0.05, 0.1) is 40.0 Å². The Bertz CT molecular complexity index is 798. The molecule has 0 spiro atoms. The van der Waals surface area contributed by atoms with E-state index in [1.807, 2.05) is 0 Å². The predicted octanol–water partition coefficient (Wildman–Crippen LogP) is 5.33. The van der Waals surface area contributed by atoms with Crippen LogP contribution in [0.5, 0.6) is 17.2 Å². The number of carbonyl (C=O) groups is 1. The summed E-state index contributed by atoms with van der Waals surface area (Å²) < 4.78 is 15.7. The number of methoxy groups -OCH3 is 2. The van der Waals surface area contributed by atoms with Gasteiger partial charge >= 0.3 is 0 Å². The fourth-order valence-corrected chi connectivity index (χ4v) is 2.73. The topological polar surface area (TPSA) is 56.8 Å². The quantitative estimate of drug-likeness (QED) is 0.636. The van der Waals surface area contributed by atoms with Crippen LogP contribution in [0.4, 0.5) is 5.69 Å². The first kappa shape index (κ1) is 19.8. The van der Waals surface area contributed by atoms with Crippen molar-refractivity contribution in [3.8, 4) is 17.2 Å². The summed E-state index contributed by atoms with van der Waals surface area (Å²) in [6, 6.07) is 5.95. The minimum atomic E-state index is -0.443. The zero-order valence-electron chi connectivity index (χ0n) is 13.2. The van der Waals surface area contributed by atoms with Gasteiger partial charge in [-0.2, -0.15) is 0 Å². The van der Waals surface area contributed by atoms with Crippen LogP contribution < -0.4 is 19.5 Å². The summed E-state index contributed by atoms with van der Waals surface area (Å²) >= 11 is 23.8. The van der Waals surface area contributed by atoms with Crippen molar-refractivity contribution in [1.82, 2.24) is 0 Å². The second kappa shape index (κ2) is 8.72. The zero-order chi connectivity index (χ0) is 18.6. The molecule has 0 heterocycles. The molecule has 0 aromatic heterocycles. The Hall–Kier alpha value is -1.53. The third kappa shape index (κ3) is 4.98. The van der Waals surface area contributed by atoms with Gasteiger partial charge in [-0.05, 0) is 12.1 Å². The first-order valence-electron chi connectivity index (χ1n) is 6.84. The van der Waals surface area contributed by atoms with Crippen molar-refractivity contribution in [1.29, 1.82) is 0 Å². The van der Waals surface area contributed by atoms with Gasteiger partial charge in [-0.25, -0.2) is 0 Å². The van der Waals surface area contributed by atoms with Crippen molar-refractivity contribution >= 4 is 58.0 Å². The van der Waals surface area contributed by atoms with Crippen LogP contribution in [0, 0.1) is 0 Å². The van der Waals surface area contributed by atoms with E-state index in [1.165, 1.54) is 32.4 Å². The molecule has 1 amide bonds. The lowest BCUT2D eigenvalue weighted by molar-refractivity contribution is -0.118. The number of ether oxygens (including phenoxy) is 3. The van der Waals surface area contributed by atoms with E-state index in [0.717, 1.165) is 0 Å². The lowest BCUT2D eigenvalue weighted by Crippen LogP contribution is -2.20. The maximum absolute atomic E-state index is 12.1. The van der Waals surface area contributed by atoms with Gasteiger partial charge in [0, 0.05) is 12.1 Å². The molecular formula is C16H13Cl4NO4. The largest absolute Gasteiger partial charge is 0.495 e. The molecule has 0 atom stereocenters. The molecule has 0 radical (unpaired) electrons. The van der Waals surface area contributed by atoms with Gasteiger partial charge in [0.15, 0.2) is 6.61 Å². The molecule has 5 nitrogen and oxygen atoms in total. The number of amides is 1. The Morgan fingerprint density at radius 2 is 1.44 bits per heavy atom. The number of anilines is 1. The highest BCUT2D eigenvalue weighted by atomic mass is 35.5. The van der Waals surface area contributed by atoms with Crippen LogP contribution in [0.2, 0.25) is 20.1 Å².